The third kappa shape index (κ3) is 6.36. The van der Waals surface area contributed by atoms with Crippen LogP contribution in [0.3, 0.4) is 0 Å². The van der Waals surface area contributed by atoms with Gasteiger partial charge in [0.05, 0.1) is 13.7 Å². The Morgan fingerprint density at radius 1 is 1.24 bits per heavy atom. The smallest absolute Gasteiger partial charge is 0.302 e. The highest BCUT2D eigenvalue weighted by Crippen LogP contribution is 2.43. The summed E-state index contributed by atoms with van der Waals surface area (Å²) in [4.78, 5) is 29.2. The number of hydrogen-bond donors (Lipinski definition) is 2. The minimum Gasteiger partial charge on any atom is -0.504 e. The third-order valence-corrected chi connectivity index (χ3v) is 6.94. The summed E-state index contributed by atoms with van der Waals surface area (Å²) in [6.45, 7) is 4.27. The predicted molar refractivity (Wildman–Crippen MR) is 126 cm³/mol. The topological polar surface area (TPSA) is 105 Å². The van der Waals surface area contributed by atoms with E-state index in [0.29, 0.717) is 24.4 Å². The van der Waals surface area contributed by atoms with Gasteiger partial charge in [0.15, 0.2) is 11.5 Å². The van der Waals surface area contributed by atoms with E-state index in [4.69, 9.17) is 9.47 Å². The first-order chi connectivity index (χ1) is 15.8. The number of aliphatic imine (C=N–C) groups is 1. The summed E-state index contributed by atoms with van der Waals surface area (Å²) in [5.74, 6) is 0.0901. The number of aromatic hydroxyl groups is 2. The van der Waals surface area contributed by atoms with E-state index in [1.54, 1.807) is 6.07 Å². The number of nitrogens with zero attached hydrogens (tertiary/aromatic N) is 1. The molecule has 4 atom stereocenters. The van der Waals surface area contributed by atoms with Crippen LogP contribution in [-0.4, -0.2) is 47.9 Å². The molecule has 0 spiro atoms. The molecular formula is C26H35NO6. The third-order valence-electron chi connectivity index (χ3n) is 6.94. The van der Waals surface area contributed by atoms with Gasteiger partial charge in [-0.15, -0.1) is 0 Å². The molecule has 1 heterocycles. The Kier molecular flexibility index (Phi) is 8.53. The first kappa shape index (κ1) is 24.8. The molecule has 180 valence electrons. The van der Waals surface area contributed by atoms with Gasteiger partial charge in [-0.25, -0.2) is 0 Å². The Morgan fingerprint density at radius 2 is 2.03 bits per heavy atom. The van der Waals surface area contributed by atoms with E-state index in [9.17, 15) is 19.8 Å². The maximum Gasteiger partial charge on any atom is 0.302 e. The molecule has 1 fully saturated rings. The van der Waals surface area contributed by atoms with Crippen molar-refractivity contribution in [2.75, 3.05) is 13.7 Å². The van der Waals surface area contributed by atoms with Gasteiger partial charge in [-0.3, -0.25) is 14.6 Å². The number of esters is 1. The van der Waals surface area contributed by atoms with E-state index in [2.05, 4.69) is 18.0 Å². The summed E-state index contributed by atoms with van der Waals surface area (Å²) in [6, 6.07) is 3.05. The first-order valence-corrected chi connectivity index (χ1v) is 11.8. The van der Waals surface area contributed by atoms with Gasteiger partial charge in [0.2, 0.25) is 5.75 Å². The zero-order chi connectivity index (χ0) is 24.0. The molecule has 1 aliphatic heterocycles. The number of methoxy groups -OCH3 is 1. The van der Waals surface area contributed by atoms with Crippen molar-refractivity contribution >= 4 is 18.0 Å². The molecule has 0 radical (unpaired) electrons. The van der Waals surface area contributed by atoms with E-state index in [0.717, 1.165) is 25.7 Å². The van der Waals surface area contributed by atoms with Gasteiger partial charge in [-0.05, 0) is 60.8 Å². The van der Waals surface area contributed by atoms with Crippen LogP contribution in [0.4, 0.5) is 0 Å². The molecule has 1 saturated carbocycles. The average molecular weight is 458 g/mol. The molecule has 2 aliphatic rings. The van der Waals surface area contributed by atoms with Crippen LogP contribution < -0.4 is 4.74 Å². The number of rotatable bonds is 10. The Hall–Kier alpha value is -2.83. The van der Waals surface area contributed by atoms with Crippen molar-refractivity contribution in [1.29, 1.82) is 0 Å². The van der Waals surface area contributed by atoms with Crippen LogP contribution in [0.15, 0.2) is 28.8 Å². The van der Waals surface area contributed by atoms with Crippen molar-refractivity contribution in [3.8, 4) is 17.2 Å². The van der Waals surface area contributed by atoms with Gasteiger partial charge in [-0.2, -0.15) is 0 Å². The maximum atomic E-state index is 13.0. The number of ether oxygens (including phenoxy) is 2. The standard InChI is InChI=1S/C26H35NO6/c1-4-17-6-8-21(19-9-10-27-15-19)22(11-17)24(33-16(2)28)14-20(29)7-5-18-12-23(30)26(31)25(13-18)32-3/h9,12-13,15,17,21-22,24,30-31H,4-8,10-11,14H2,1-3H3. The van der Waals surface area contributed by atoms with Crippen molar-refractivity contribution in [1.82, 2.24) is 0 Å². The van der Waals surface area contributed by atoms with Gasteiger partial charge >= 0.3 is 5.97 Å². The lowest BCUT2D eigenvalue weighted by Gasteiger charge is -2.40. The fraction of sp³-hybridized carbons (Fsp3) is 0.577. The SMILES string of the molecule is CCC1CCC(C2=CCN=C2)C(C(CC(=O)CCc2cc(O)c(O)c(OC)c2)OC(C)=O)C1. The number of hydrogen-bond acceptors (Lipinski definition) is 7. The quantitative estimate of drug-likeness (QED) is 0.399. The van der Waals surface area contributed by atoms with Crippen LogP contribution in [0.25, 0.3) is 0 Å². The molecule has 1 aromatic carbocycles. The predicted octanol–water partition coefficient (Wildman–Crippen LogP) is 4.38. The Bertz CT molecular complexity index is 922. The highest BCUT2D eigenvalue weighted by atomic mass is 16.5. The number of aryl methyl sites for hydroxylation is 1. The van der Waals surface area contributed by atoms with Gasteiger partial charge in [0.1, 0.15) is 11.9 Å². The second kappa shape index (κ2) is 11.3. The van der Waals surface area contributed by atoms with Crippen LogP contribution in [0, 0.1) is 17.8 Å². The van der Waals surface area contributed by atoms with E-state index in [1.807, 2.05) is 6.21 Å². The lowest BCUT2D eigenvalue weighted by molar-refractivity contribution is -0.152. The summed E-state index contributed by atoms with van der Waals surface area (Å²) in [5.41, 5.74) is 1.89. The number of phenols is 2. The van der Waals surface area contributed by atoms with Gasteiger partial charge in [0.25, 0.3) is 0 Å². The van der Waals surface area contributed by atoms with Crippen LogP contribution in [-0.2, 0) is 20.7 Å². The minimum absolute atomic E-state index is 0.000720. The maximum absolute atomic E-state index is 13.0. The van der Waals surface area contributed by atoms with Crippen LogP contribution in [0.2, 0.25) is 0 Å². The zero-order valence-electron chi connectivity index (χ0n) is 19.8. The van der Waals surface area contributed by atoms with Gasteiger partial charge < -0.3 is 19.7 Å². The summed E-state index contributed by atoms with van der Waals surface area (Å²) in [5, 5.41) is 19.7. The fourth-order valence-corrected chi connectivity index (χ4v) is 5.16. The Balaban J connectivity index is 1.72. The summed E-state index contributed by atoms with van der Waals surface area (Å²) in [7, 11) is 1.40. The second-order valence-electron chi connectivity index (χ2n) is 9.11. The van der Waals surface area contributed by atoms with E-state index < -0.39 is 6.10 Å². The number of allylic oxidation sites excluding steroid dienone is 1. The van der Waals surface area contributed by atoms with E-state index in [-0.39, 0.29) is 53.7 Å². The largest absolute Gasteiger partial charge is 0.504 e. The van der Waals surface area contributed by atoms with E-state index >= 15 is 0 Å². The normalized spacial score (nSPS) is 23.1. The molecule has 1 aromatic rings. The molecule has 0 saturated heterocycles. The molecule has 33 heavy (non-hydrogen) atoms. The van der Waals surface area contributed by atoms with E-state index in [1.165, 1.54) is 25.7 Å². The van der Waals surface area contributed by atoms with Crippen molar-refractivity contribution in [3.05, 3.63) is 29.3 Å². The number of carbonyl (C=O) groups excluding carboxylic acids is 2. The zero-order valence-corrected chi connectivity index (χ0v) is 19.8. The van der Waals surface area contributed by atoms with Crippen LogP contribution in [0.1, 0.15) is 57.9 Å². The first-order valence-electron chi connectivity index (χ1n) is 11.8. The molecule has 4 unspecified atom stereocenters. The lowest BCUT2D eigenvalue weighted by Crippen LogP contribution is -2.38. The summed E-state index contributed by atoms with van der Waals surface area (Å²) < 4.78 is 10.8. The molecule has 0 bridgehead atoms. The monoisotopic (exact) mass is 457 g/mol. The molecule has 0 amide bonds. The number of carbonyl (C=O) groups is 2. The molecule has 2 N–H and O–H groups in total. The number of phenolic OH excluding ortho intramolecular Hbond substituents is 2. The number of benzene rings is 1. The average Bonchev–Trinajstić information content (AvgIpc) is 3.33. The van der Waals surface area contributed by atoms with Gasteiger partial charge in [-0.1, -0.05) is 19.4 Å². The van der Waals surface area contributed by atoms with Crippen molar-refractivity contribution in [2.45, 2.75) is 64.9 Å². The van der Waals surface area contributed by atoms with Gasteiger partial charge in [0, 0.05) is 31.9 Å². The minimum atomic E-state index is -0.466. The molecule has 7 heteroatoms. The fourth-order valence-electron chi connectivity index (χ4n) is 5.16. The molecule has 0 aromatic heterocycles. The number of Topliss-reactive ketones (excluding diaryl/α,β-unsaturated/α-hetero) is 1. The molecule has 7 nitrogen and oxygen atoms in total. The van der Waals surface area contributed by atoms with Crippen molar-refractivity contribution in [2.24, 2.45) is 22.7 Å². The van der Waals surface area contributed by atoms with Crippen molar-refractivity contribution < 1.29 is 29.3 Å². The second-order valence-corrected chi connectivity index (χ2v) is 9.11. The Labute approximate surface area is 195 Å². The highest BCUT2D eigenvalue weighted by molar-refractivity contribution is 5.82. The molecule has 1 aliphatic carbocycles. The highest BCUT2D eigenvalue weighted by Gasteiger charge is 2.39. The summed E-state index contributed by atoms with van der Waals surface area (Å²) >= 11 is 0. The molecular weight excluding hydrogens is 422 g/mol. The van der Waals surface area contributed by atoms with Crippen molar-refractivity contribution in [3.63, 3.8) is 0 Å². The number of ketones is 1. The lowest BCUT2D eigenvalue weighted by atomic mass is 9.67. The van der Waals surface area contributed by atoms with Crippen LogP contribution in [0.5, 0.6) is 17.2 Å². The summed E-state index contributed by atoms with van der Waals surface area (Å²) in [6.07, 6.45) is 8.56. The Morgan fingerprint density at radius 3 is 2.67 bits per heavy atom. The molecule has 3 rings (SSSR count). The van der Waals surface area contributed by atoms with Crippen LogP contribution >= 0.6 is 0 Å².